The van der Waals surface area contributed by atoms with Crippen LogP contribution in [0.1, 0.15) is 25.0 Å². The standard InChI is InChI=1S/C51H35NO/c1-51(2)46-13-7-5-11-42(46)45-30-38(25-28-47(45)51)52(39-24-27-44-43-12-6-8-14-48(43)53-49(44)31-39)37-22-19-32(20-23-37)35-21-26-41-36(29-35)18-17-34-16-15-33-9-3-4-10-40(33)50(34)41/h3-31H,1-2H3. The topological polar surface area (TPSA) is 16.4 Å². The minimum Gasteiger partial charge on any atom is -0.456 e. The average Bonchev–Trinajstić information content (AvgIpc) is 3.69. The van der Waals surface area contributed by atoms with E-state index in [9.17, 15) is 0 Å². The summed E-state index contributed by atoms with van der Waals surface area (Å²) in [4.78, 5) is 2.36. The molecule has 0 atom stereocenters. The Kier molecular flexibility index (Phi) is 6.33. The molecule has 0 N–H and O–H groups in total. The lowest BCUT2D eigenvalue weighted by Crippen LogP contribution is -2.15. The van der Waals surface area contributed by atoms with Gasteiger partial charge in [0.1, 0.15) is 11.2 Å². The zero-order valence-electron chi connectivity index (χ0n) is 29.6. The fourth-order valence-corrected chi connectivity index (χ4v) is 8.97. The minimum absolute atomic E-state index is 0.0522. The summed E-state index contributed by atoms with van der Waals surface area (Å²) in [7, 11) is 0. The maximum absolute atomic E-state index is 6.40. The van der Waals surface area contributed by atoms with Crippen molar-refractivity contribution in [2.75, 3.05) is 4.90 Å². The molecule has 1 heterocycles. The van der Waals surface area contributed by atoms with Crippen LogP contribution in [-0.2, 0) is 5.41 Å². The largest absolute Gasteiger partial charge is 0.456 e. The summed E-state index contributed by atoms with van der Waals surface area (Å²) in [6.45, 7) is 4.67. The molecule has 11 rings (SSSR count). The van der Waals surface area contributed by atoms with Crippen molar-refractivity contribution in [3.63, 3.8) is 0 Å². The molecule has 2 nitrogen and oxygen atoms in total. The summed E-state index contributed by atoms with van der Waals surface area (Å²) in [6, 6.07) is 64.3. The lowest BCUT2D eigenvalue weighted by Gasteiger charge is -2.27. The van der Waals surface area contributed by atoms with Crippen LogP contribution in [-0.4, -0.2) is 0 Å². The third kappa shape index (κ3) is 4.52. The maximum atomic E-state index is 6.40. The smallest absolute Gasteiger partial charge is 0.137 e. The first-order chi connectivity index (χ1) is 26.0. The molecule has 0 saturated carbocycles. The molecule has 53 heavy (non-hydrogen) atoms. The van der Waals surface area contributed by atoms with Crippen LogP contribution in [0.2, 0.25) is 0 Å². The molecule has 2 heteroatoms. The predicted molar refractivity (Wildman–Crippen MR) is 224 cm³/mol. The van der Waals surface area contributed by atoms with E-state index in [0.717, 1.165) is 39.0 Å². The van der Waals surface area contributed by atoms with Crippen LogP contribution in [0, 0.1) is 0 Å². The molecule has 0 aliphatic heterocycles. The SMILES string of the molecule is CC1(C)c2ccccc2-c2cc(N(c3ccc(-c4ccc5c(ccc6ccc7ccccc7c65)c4)cc3)c3ccc4c(c3)oc3ccccc34)ccc21. The first-order valence-corrected chi connectivity index (χ1v) is 18.4. The third-order valence-corrected chi connectivity index (χ3v) is 11.6. The monoisotopic (exact) mass is 677 g/mol. The van der Waals surface area contributed by atoms with Gasteiger partial charge < -0.3 is 9.32 Å². The van der Waals surface area contributed by atoms with Gasteiger partial charge in [0.2, 0.25) is 0 Å². The molecule has 0 fully saturated rings. The van der Waals surface area contributed by atoms with Crippen molar-refractivity contribution >= 4 is 71.3 Å². The van der Waals surface area contributed by atoms with E-state index < -0.39 is 0 Å². The Morgan fingerprint density at radius 2 is 1.00 bits per heavy atom. The van der Waals surface area contributed by atoms with E-state index in [-0.39, 0.29) is 5.41 Å². The van der Waals surface area contributed by atoms with Crippen LogP contribution < -0.4 is 4.90 Å². The zero-order valence-corrected chi connectivity index (χ0v) is 29.6. The fourth-order valence-electron chi connectivity index (χ4n) is 8.97. The number of benzene rings is 9. The van der Waals surface area contributed by atoms with Crippen LogP contribution in [0.5, 0.6) is 0 Å². The number of hydrogen-bond acceptors (Lipinski definition) is 2. The quantitative estimate of drug-likeness (QED) is 0.172. The van der Waals surface area contributed by atoms with Crippen molar-refractivity contribution in [2.45, 2.75) is 19.3 Å². The summed E-state index contributed by atoms with van der Waals surface area (Å²) in [5.41, 5.74) is 12.7. The summed E-state index contributed by atoms with van der Waals surface area (Å²) in [5.74, 6) is 0. The summed E-state index contributed by atoms with van der Waals surface area (Å²) >= 11 is 0. The van der Waals surface area contributed by atoms with E-state index in [1.54, 1.807) is 0 Å². The van der Waals surface area contributed by atoms with Crippen LogP contribution in [0.25, 0.3) is 76.5 Å². The molecule has 10 aromatic rings. The van der Waals surface area contributed by atoms with E-state index in [1.807, 2.05) is 12.1 Å². The number of hydrogen-bond donors (Lipinski definition) is 0. The van der Waals surface area contributed by atoms with Crippen molar-refractivity contribution in [2.24, 2.45) is 0 Å². The second-order valence-electron chi connectivity index (χ2n) is 14.9. The van der Waals surface area contributed by atoms with E-state index in [4.69, 9.17) is 4.42 Å². The maximum Gasteiger partial charge on any atom is 0.137 e. The molecule has 9 aromatic carbocycles. The summed E-state index contributed by atoms with van der Waals surface area (Å²) < 4.78 is 6.40. The Morgan fingerprint density at radius 1 is 0.396 bits per heavy atom. The van der Waals surface area contributed by atoms with Crippen LogP contribution >= 0.6 is 0 Å². The number of anilines is 3. The van der Waals surface area contributed by atoms with Crippen molar-refractivity contribution in [3.05, 3.63) is 187 Å². The lowest BCUT2D eigenvalue weighted by molar-refractivity contribution is 0.660. The van der Waals surface area contributed by atoms with Crippen LogP contribution in [0.4, 0.5) is 17.1 Å². The highest BCUT2D eigenvalue weighted by Crippen LogP contribution is 2.51. The zero-order chi connectivity index (χ0) is 35.3. The van der Waals surface area contributed by atoms with Gasteiger partial charge in [0.05, 0.1) is 0 Å². The molecule has 0 bridgehead atoms. The van der Waals surface area contributed by atoms with Crippen molar-refractivity contribution in [3.8, 4) is 22.3 Å². The van der Waals surface area contributed by atoms with E-state index in [0.29, 0.717) is 0 Å². The average molecular weight is 678 g/mol. The van der Waals surface area contributed by atoms with Gasteiger partial charge in [-0.05, 0) is 114 Å². The van der Waals surface area contributed by atoms with Gasteiger partial charge in [-0.3, -0.25) is 0 Å². The molecule has 0 saturated heterocycles. The normalized spacial score (nSPS) is 13.2. The van der Waals surface area contributed by atoms with Gasteiger partial charge in [-0.25, -0.2) is 0 Å². The highest BCUT2D eigenvalue weighted by molar-refractivity contribution is 6.20. The lowest BCUT2D eigenvalue weighted by atomic mass is 9.82. The Balaban J connectivity index is 1.04. The number of para-hydroxylation sites is 1. The highest BCUT2D eigenvalue weighted by atomic mass is 16.3. The van der Waals surface area contributed by atoms with Gasteiger partial charge >= 0.3 is 0 Å². The molecule has 0 amide bonds. The molecular weight excluding hydrogens is 643 g/mol. The van der Waals surface area contributed by atoms with Crippen LogP contribution in [0.3, 0.4) is 0 Å². The van der Waals surface area contributed by atoms with Gasteiger partial charge in [-0.15, -0.1) is 0 Å². The molecule has 0 spiro atoms. The number of nitrogens with zero attached hydrogens (tertiary/aromatic N) is 1. The van der Waals surface area contributed by atoms with Crippen molar-refractivity contribution in [1.82, 2.24) is 0 Å². The van der Waals surface area contributed by atoms with E-state index >= 15 is 0 Å². The molecule has 0 unspecified atom stereocenters. The van der Waals surface area contributed by atoms with E-state index in [1.165, 1.54) is 65.7 Å². The van der Waals surface area contributed by atoms with Gasteiger partial charge in [0.25, 0.3) is 0 Å². The number of rotatable bonds is 4. The Bertz CT molecular complexity index is 3090. The molecule has 1 aromatic heterocycles. The molecule has 250 valence electrons. The summed E-state index contributed by atoms with van der Waals surface area (Å²) in [5, 5.41) is 9.96. The number of fused-ring (bicyclic) bond motifs is 11. The van der Waals surface area contributed by atoms with Crippen molar-refractivity contribution in [1.29, 1.82) is 0 Å². The first-order valence-electron chi connectivity index (χ1n) is 18.4. The second-order valence-corrected chi connectivity index (χ2v) is 14.9. The molecule has 1 aliphatic carbocycles. The van der Waals surface area contributed by atoms with Crippen LogP contribution in [0.15, 0.2) is 180 Å². The Labute approximate surface area is 308 Å². The fraction of sp³-hybridized carbons (Fsp3) is 0.0588. The molecule has 1 aliphatic rings. The van der Waals surface area contributed by atoms with Gasteiger partial charge in [0.15, 0.2) is 0 Å². The summed E-state index contributed by atoms with van der Waals surface area (Å²) in [6.07, 6.45) is 0. The van der Waals surface area contributed by atoms with Crippen molar-refractivity contribution < 1.29 is 4.42 Å². The minimum atomic E-state index is -0.0522. The van der Waals surface area contributed by atoms with Gasteiger partial charge in [-0.1, -0.05) is 135 Å². The second kappa shape index (κ2) is 11.2. The first kappa shape index (κ1) is 30.0. The Hall–Kier alpha value is -6.64. The molecular formula is C51H35NO. The van der Waals surface area contributed by atoms with Gasteiger partial charge in [-0.2, -0.15) is 0 Å². The molecule has 0 radical (unpaired) electrons. The highest BCUT2D eigenvalue weighted by Gasteiger charge is 2.35. The third-order valence-electron chi connectivity index (χ3n) is 11.6. The number of furan rings is 1. The predicted octanol–water partition coefficient (Wildman–Crippen LogP) is 14.5. The van der Waals surface area contributed by atoms with Gasteiger partial charge in [0, 0.05) is 39.3 Å². The Morgan fingerprint density at radius 3 is 1.89 bits per heavy atom. The van der Waals surface area contributed by atoms with E-state index in [2.05, 4.69) is 183 Å².